The van der Waals surface area contributed by atoms with Crippen molar-refractivity contribution in [3.8, 4) is 0 Å². The van der Waals surface area contributed by atoms with Crippen LogP contribution in [0.15, 0.2) is 59.5 Å². The summed E-state index contributed by atoms with van der Waals surface area (Å²) < 4.78 is 33.3. The van der Waals surface area contributed by atoms with Gasteiger partial charge in [-0.1, -0.05) is 48.0 Å². The number of sulfonamides is 1. The van der Waals surface area contributed by atoms with E-state index in [0.29, 0.717) is 0 Å². The second-order valence-corrected chi connectivity index (χ2v) is 7.52. The summed E-state index contributed by atoms with van der Waals surface area (Å²) in [5, 5.41) is 0. The summed E-state index contributed by atoms with van der Waals surface area (Å²) in [6.07, 6.45) is -0.319. The average molecular weight is 333 g/mol. The molecule has 0 aliphatic rings. The van der Waals surface area contributed by atoms with E-state index in [1.807, 2.05) is 51.1 Å². The third-order valence-corrected chi connectivity index (χ3v) is 4.84. The molecule has 2 aromatic carbocycles. The van der Waals surface area contributed by atoms with Gasteiger partial charge >= 0.3 is 0 Å². The fourth-order valence-electron chi connectivity index (χ4n) is 2.23. The molecule has 1 atom stereocenters. The third kappa shape index (κ3) is 5.16. The van der Waals surface area contributed by atoms with Gasteiger partial charge in [-0.2, -0.15) is 0 Å². The predicted molar refractivity (Wildman–Crippen MR) is 91.8 cm³/mol. The minimum absolute atomic E-state index is 0.00378. The van der Waals surface area contributed by atoms with Crippen LogP contribution < -0.4 is 4.72 Å². The van der Waals surface area contributed by atoms with Gasteiger partial charge in [0.05, 0.1) is 17.1 Å². The fourth-order valence-corrected chi connectivity index (χ4v) is 3.26. The van der Waals surface area contributed by atoms with Crippen LogP contribution in [0.1, 0.15) is 31.1 Å². The Hall–Kier alpha value is -1.69. The van der Waals surface area contributed by atoms with Crippen LogP contribution in [0.5, 0.6) is 0 Å². The van der Waals surface area contributed by atoms with Gasteiger partial charge in [-0.15, -0.1) is 0 Å². The Bertz CT molecular complexity index is 710. The smallest absolute Gasteiger partial charge is 0.240 e. The molecule has 5 heteroatoms. The van der Waals surface area contributed by atoms with Gasteiger partial charge in [-0.05, 0) is 38.5 Å². The molecule has 2 aromatic rings. The second kappa shape index (κ2) is 7.73. The molecular weight excluding hydrogens is 310 g/mol. The molecule has 0 aromatic heterocycles. The van der Waals surface area contributed by atoms with Crippen molar-refractivity contribution in [2.24, 2.45) is 0 Å². The van der Waals surface area contributed by atoms with E-state index >= 15 is 0 Å². The summed E-state index contributed by atoms with van der Waals surface area (Å²) in [7, 11) is -3.55. The summed E-state index contributed by atoms with van der Waals surface area (Å²) in [6.45, 7) is 5.99. The predicted octanol–water partition coefficient (Wildman–Crippen LogP) is 3.44. The minimum Gasteiger partial charge on any atom is -0.370 e. The number of nitrogens with one attached hydrogen (secondary N) is 1. The van der Waals surface area contributed by atoms with Crippen molar-refractivity contribution < 1.29 is 13.2 Å². The van der Waals surface area contributed by atoms with Crippen molar-refractivity contribution in [3.05, 3.63) is 65.7 Å². The molecule has 0 saturated carbocycles. The van der Waals surface area contributed by atoms with Gasteiger partial charge in [-0.25, -0.2) is 13.1 Å². The maximum Gasteiger partial charge on any atom is 0.240 e. The van der Waals surface area contributed by atoms with E-state index in [4.69, 9.17) is 4.74 Å². The van der Waals surface area contributed by atoms with Crippen LogP contribution in [0.25, 0.3) is 0 Å². The van der Waals surface area contributed by atoms with Crippen molar-refractivity contribution in [3.63, 3.8) is 0 Å². The molecule has 0 unspecified atom stereocenters. The van der Waals surface area contributed by atoms with Crippen molar-refractivity contribution in [2.75, 3.05) is 6.54 Å². The lowest BCUT2D eigenvalue weighted by molar-refractivity contribution is 0.00993. The molecule has 0 fully saturated rings. The summed E-state index contributed by atoms with van der Waals surface area (Å²) in [6, 6.07) is 16.4. The molecule has 4 nitrogen and oxygen atoms in total. The van der Waals surface area contributed by atoms with E-state index in [0.717, 1.165) is 11.1 Å². The van der Waals surface area contributed by atoms with Crippen LogP contribution in [-0.4, -0.2) is 21.1 Å². The third-order valence-electron chi connectivity index (χ3n) is 3.40. The molecule has 0 radical (unpaired) electrons. The number of aryl methyl sites for hydroxylation is 1. The highest BCUT2D eigenvalue weighted by Crippen LogP contribution is 2.19. The number of benzene rings is 2. The lowest BCUT2D eigenvalue weighted by atomic mass is 10.1. The van der Waals surface area contributed by atoms with Crippen LogP contribution in [0.4, 0.5) is 0 Å². The maximum absolute atomic E-state index is 12.4. The Labute approximate surface area is 138 Å². The lowest BCUT2D eigenvalue weighted by Gasteiger charge is -2.21. The number of rotatable bonds is 7. The zero-order chi connectivity index (χ0) is 16.9. The zero-order valence-electron chi connectivity index (χ0n) is 13.7. The summed E-state index contributed by atoms with van der Waals surface area (Å²) in [4.78, 5) is 0.263. The van der Waals surface area contributed by atoms with E-state index in [2.05, 4.69) is 4.72 Å². The molecule has 0 spiro atoms. The summed E-state index contributed by atoms with van der Waals surface area (Å²) in [5.74, 6) is 0. The largest absolute Gasteiger partial charge is 0.370 e. The summed E-state index contributed by atoms with van der Waals surface area (Å²) in [5.41, 5.74) is 1.97. The Morgan fingerprint density at radius 3 is 2.17 bits per heavy atom. The van der Waals surface area contributed by atoms with Gasteiger partial charge in [0.2, 0.25) is 10.0 Å². The molecule has 0 bridgehead atoms. The van der Waals surface area contributed by atoms with Crippen LogP contribution in [0.3, 0.4) is 0 Å². The van der Waals surface area contributed by atoms with Gasteiger partial charge in [-0.3, -0.25) is 0 Å². The quantitative estimate of drug-likeness (QED) is 0.844. The standard InChI is InChI=1S/C18H23NO3S/c1-14(2)22-18(16-7-5-4-6-8-16)13-19-23(20,21)17-11-9-15(3)10-12-17/h4-12,14,18-19H,13H2,1-3H3/t18-/m1/s1. The number of hydrogen-bond acceptors (Lipinski definition) is 3. The van der Waals surface area contributed by atoms with Crippen molar-refractivity contribution in [2.45, 2.75) is 37.9 Å². The van der Waals surface area contributed by atoms with E-state index < -0.39 is 10.0 Å². The van der Waals surface area contributed by atoms with Crippen LogP contribution in [0, 0.1) is 6.92 Å². The van der Waals surface area contributed by atoms with Crippen LogP contribution in [0.2, 0.25) is 0 Å². The minimum atomic E-state index is -3.55. The molecule has 23 heavy (non-hydrogen) atoms. The van der Waals surface area contributed by atoms with Crippen molar-refractivity contribution in [1.82, 2.24) is 4.72 Å². The number of ether oxygens (including phenoxy) is 1. The van der Waals surface area contributed by atoms with E-state index in [1.165, 1.54) is 0 Å². The number of hydrogen-bond donors (Lipinski definition) is 1. The first-order chi connectivity index (χ1) is 10.9. The topological polar surface area (TPSA) is 55.4 Å². The van der Waals surface area contributed by atoms with Crippen LogP contribution in [-0.2, 0) is 14.8 Å². The average Bonchev–Trinajstić information content (AvgIpc) is 2.52. The Morgan fingerprint density at radius 2 is 1.61 bits per heavy atom. The van der Waals surface area contributed by atoms with Gasteiger partial charge in [0.1, 0.15) is 0 Å². The highest BCUT2D eigenvalue weighted by Gasteiger charge is 2.19. The molecule has 0 aliphatic heterocycles. The maximum atomic E-state index is 12.4. The van der Waals surface area contributed by atoms with Gasteiger partial charge in [0.25, 0.3) is 0 Å². The first kappa shape index (κ1) is 17.7. The first-order valence-corrected chi connectivity index (χ1v) is 9.13. The Balaban J connectivity index is 2.12. The SMILES string of the molecule is Cc1ccc(S(=O)(=O)NC[C@@H](OC(C)C)c2ccccc2)cc1. The van der Waals surface area contributed by atoms with Crippen molar-refractivity contribution in [1.29, 1.82) is 0 Å². The molecule has 1 N–H and O–H groups in total. The van der Waals surface area contributed by atoms with E-state index in [-0.39, 0.29) is 23.6 Å². The van der Waals surface area contributed by atoms with Gasteiger partial charge in [0.15, 0.2) is 0 Å². The molecule has 0 aliphatic carbocycles. The summed E-state index contributed by atoms with van der Waals surface area (Å²) >= 11 is 0. The zero-order valence-corrected chi connectivity index (χ0v) is 14.5. The molecule has 0 saturated heterocycles. The molecule has 0 amide bonds. The molecule has 2 rings (SSSR count). The Morgan fingerprint density at radius 1 is 1.00 bits per heavy atom. The Kier molecular flexibility index (Phi) is 5.93. The lowest BCUT2D eigenvalue weighted by Crippen LogP contribution is -2.30. The van der Waals surface area contributed by atoms with Gasteiger partial charge < -0.3 is 4.74 Å². The van der Waals surface area contributed by atoms with Crippen molar-refractivity contribution >= 4 is 10.0 Å². The van der Waals surface area contributed by atoms with Gasteiger partial charge in [0, 0.05) is 6.54 Å². The van der Waals surface area contributed by atoms with E-state index in [9.17, 15) is 8.42 Å². The highest BCUT2D eigenvalue weighted by atomic mass is 32.2. The highest BCUT2D eigenvalue weighted by molar-refractivity contribution is 7.89. The fraction of sp³-hybridized carbons (Fsp3) is 0.333. The molecule has 124 valence electrons. The molecule has 0 heterocycles. The van der Waals surface area contributed by atoms with E-state index in [1.54, 1.807) is 24.3 Å². The van der Waals surface area contributed by atoms with Crippen LogP contribution >= 0.6 is 0 Å². The normalized spacial score (nSPS) is 13.2. The first-order valence-electron chi connectivity index (χ1n) is 7.65. The molecular formula is C18H23NO3S. The second-order valence-electron chi connectivity index (χ2n) is 5.75. The monoisotopic (exact) mass is 333 g/mol.